The zero-order valence-electron chi connectivity index (χ0n) is 12.0. The molecule has 0 aromatic carbocycles. The summed E-state index contributed by atoms with van der Waals surface area (Å²) in [5.74, 6) is 0. The van der Waals surface area contributed by atoms with Gasteiger partial charge in [0.25, 0.3) is 0 Å². The molecule has 0 aliphatic carbocycles. The zero-order chi connectivity index (χ0) is 18.9. The Morgan fingerprint density at radius 2 is 0.476 bits per heavy atom. The van der Waals surface area contributed by atoms with Crippen molar-refractivity contribution in [2.75, 3.05) is 0 Å². The highest BCUT2D eigenvalue weighted by Gasteiger charge is 2.01. The summed E-state index contributed by atoms with van der Waals surface area (Å²) < 4.78 is 26.6. The van der Waals surface area contributed by atoms with E-state index < -0.39 is 23.5 Å². The quantitative estimate of drug-likeness (QED) is 0.253. The first-order valence-electron chi connectivity index (χ1n) is 5.18. The molecular weight excluding hydrogens is 357 g/mol. The van der Waals surface area contributed by atoms with Gasteiger partial charge in [0.05, 0.1) is 0 Å². The van der Waals surface area contributed by atoms with Crippen LogP contribution in [0, 0.1) is 0 Å². The van der Waals surface area contributed by atoms with Crippen molar-refractivity contribution in [3.05, 3.63) is 0 Å². The molecule has 0 amide bonds. The summed E-state index contributed by atoms with van der Waals surface area (Å²) >= 11 is 0. The molecule has 0 unspecified atom stereocenters. The molecule has 0 aromatic rings. The van der Waals surface area contributed by atoms with Crippen molar-refractivity contribution in [1.29, 1.82) is 0 Å². The van der Waals surface area contributed by atoms with Gasteiger partial charge in [-0.1, -0.05) is 40.5 Å². The Hall–Kier alpha value is 0.330. The molecule has 21 heavy (non-hydrogen) atoms. The van der Waals surface area contributed by atoms with Crippen molar-refractivity contribution in [2.24, 2.45) is 0 Å². The van der Waals surface area contributed by atoms with Crippen molar-refractivity contribution in [1.82, 2.24) is 0 Å². The van der Waals surface area contributed by atoms with Crippen molar-refractivity contribution < 1.29 is 57.7 Å². The predicted octanol–water partition coefficient (Wildman–Crippen LogP) is 0.0468. The largest absolute Gasteiger partial charge is 0.466 e. The number of phosphoric acid groups is 3. The van der Waals surface area contributed by atoms with Gasteiger partial charge in [-0.3, -0.25) is 0 Å². The molecule has 0 fully saturated rings. The summed E-state index contributed by atoms with van der Waals surface area (Å²) in [5, 5.41) is 0. The van der Waals surface area contributed by atoms with Crippen LogP contribution >= 0.6 is 23.5 Å². The van der Waals surface area contributed by atoms with Gasteiger partial charge < -0.3 is 44.0 Å². The summed E-state index contributed by atoms with van der Waals surface area (Å²) in [6.07, 6.45) is 2.50. The first kappa shape index (κ1) is 33.1. The van der Waals surface area contributed by atoms with E-state index in [9.17, 15) is 0 Å². The van der Waals surface area contributed by atoms with Crippen LogP contribution in [0.3, 0.4) is 0 Å². The van der Waals surface area contributed by atoms with Gasteiger partial charge in [-0.25, -0.2) is 13.7 Å². The van der Waals surface area contributed by atoms with Gasteiger partial charge in [0.2, 0.25) is 0 Å². The fraction of sp³-hybridized carbons (Fsp3) is 1.00. The minimum Gasteiger partial charge on any atom is -0.303 e. The Morgan fingerprint density at radius 1 is 0.476 bits per heavy atom. The van der Waals surface area contributed by atoms with Crippen molar-refractivity contribution >= 4 is 23.5 Å². The number of rotatable bonds is 0. The second-order valence-corrected chi connectivity index (χ2v) is 6.03. The molecule has 136 valence electrons. The molecule has 15 heteroatoms. The van der Waals surface area contributed by atoms with E-state index in [-0.39, 0.29) is 0 Å². The smallest absolute Gasteiger partial charge is 0.303 e. The molecule has 0 aliphatic rings. The van der Waals surface area contributed by atoms with E-state index in [2.05, 4.69) is 27.7 Å². The van der Waals surface area contributed by atoms with Crippen LogP contribution < -0.4 is 0 Å². The van der Waals surface area contributed by atoms with Gasteiger partial charge >= 0.3 is 23.5 Å². The Labute approximate surface area is 122 Å². The van der Waals surface area contributed by atoms with Gasteiger partial charge in [-0.05, 0) is 0 Å². The Balaban J connectivity index is -0.0000000519. The fourth-order valence-electron chi connectivity index (χ4n) is 0. The monoisotopic (exact) mass is 382 g/mol. The van der Waals surface area contributed by atoms with Crippen LogP contribution in [0.15, 0.2) is 0 Å². The van der Waals surface area contributed by atoms with E-state index in [1.54, 1.807) is 0 Å². The normalized spacial score (nSPS) is 10.1. The van der Waals surface area contributed by atoms with Crippen molar-refractivity contribution in [2.45, 2.75) is 40.5 Å². The van der Waals surface area contributed by atoms with Crippen LogP contribution in [-0.2, 0) is 13.7 Å². The topological polar surface area (TPSA) is 233 Å². The maximum Gasteiger partial charge on any atom is 0.466 e. The van der Waals surface area contributed by atoms with Gasteiger partial charge in [0.15, 0.2) is 0 Å². The molecule has 0 saturated heterocycles. The Bertz CT molecular complexity index is 239. The number of hydrogen-bond acceptors (Lipinski definition) is 3. The summed E-state index contributed by atoms with van der Waals surface area (Å²) in [5.41, 5.74) is 0. The van der Waals surface area contributed by atoms with Gasteiger partial charge in [0, 0.05) is 0 Å². The second kappa shape index (κ2) is 18.4. The van der Waals surface area contributed by atoms with E-state index in [0.717, 1.165) is 0 Å². The predicted molar refractivity (Wildman–Crippen MR) is 74.7 cm³/mol. The van der Waals surface area contributed by atoms with Crippen molar-refractivity contribution in [3.8, 4) is 0 Å². The van der Waals surface area contributed by atoms with E-state index in [1.807, 2.05) is 0 Å². The maximum atomic E-state index is 8.88. The Morgan fingerprint density at radius 3 is 0.476 bits per heavy atom. The lowest BCUT2D eigenvalue weighted by Crippen LogP contribution is -1.66. The van der Waals surface area contributed by atoms with Crippen LogP contribution in [0.1, 0.15) is 40.5 Å². The molecule has 0 atom stereocenters. The third-order valence-electron chi connectivity index (χ3n) is 0. The van der Waals surface area contributed by atoms with Crippen molar-refractivity contribution in [3.63, 3.8) is 0 Å². The molecule has 0 aromatic heterocycles. The standard InChI is InChI=1S/2C3H8.3H3O4P/c2*1-3-2;3*1-5(2,3)4/h2*3H2,1-2H3;3*(H3,1,2,3,4). The van der Waals surface area contributed by atoms with Gasteiger partial charge in [-0.2, -0.15) is 0 Å². The molecule has 0 saturated carbocycles. The van der Waals surface area contributed by atoms with Gasteiger partial charge in [0.1, 0.15) is 0 Å². The molecule has 0 spiro atoms. The lowest BCUT2D eigenvalue weighted by molar-refractivity contribution is 0.272. The summed E-state index contributed by atoms with van der Waals surface area (Å²) in [6.45, 7) is 8.50. The second-order valence-electron chi connectivity index (χ2n) is 2.95. The van der Waals surface area contributed by atoms with E-state index in [4.69, 9.17) is 57.7 Å². The first-order valence-corrected chi connectivity index (χ1v) is 9.87. The summed E-state index contributed by atoms with van der Waals surface area (Å²) in [7, 11) is -13.9. The third-order valence-corrected chi connectivity index (χ3v) is 0. The zero-order valence-corrected chi connectivity index (χ0v) is 14.7. The fourth-order valence-corrected chi connectivity index (χ4v) is 0. The van der Waals surface area contributed by atoms with E-state index in [0.29, 0.717) is 0 Å². The lowest BCUT2D eigenvalue weighted by atomic mass is 10.6. The van der Waals surface area contributed by atoms with E-state index >= 15 is 0 Å². The molecular formula is C6H25O12P3. The molecule has 0 aliphatic heterocycles. The average Bonchev–Trinajstić information content (AvgIpc) is 1.93. The summed E-state index contributed by atoms with van der Waals surface area (Å²) in [6, 6.07) is 0. The highest BCUT2D eigenvalue weighted by Crippen LogP contribution is 2.26. The molecule has 0 radical (unpaired) electrons. The molecule has 12 nitrogen and oxygen atoms in total. The van der Waals surface area contributed by atoms with E-state index in [1.165, 1.54) is 12.8 Å². The van der Waals surface area contributed by atoms with Crippen LogP contribution in [-0.4, -0.2) is 44.0 Å². The molecule has 0 rings (SSSR count). The SMILES string of the molecule is CCC.CCC.O=P(O)(O)O.O=P(O)(O)O.O=P(O)(O)O. The molecule has 9 N–H and O–H groups in total. The maximum absolute atomic E-state index is 8.88. The highest BCUT2D eigenvalue weighted by atomic mass is 31.2. The van der Waals surface area contributed by atoms with Gasteiger partial charge in [-0.15, -0.1) is 0 Å². The minimum absolute atomic E-state index is 1.25. The van der Waals surface area contributed by atoms with Crippen LogP contribution in [0.5, 0.6) is 0 Å². The van der Waals surface area contributed by atoms with Crippen LogP contribution in [0.2, 0.25) is 0 Å². The van der Waals surface area contributed by atoms with Crippen LogP contribution in [0.4, 0.5) is 0 Å². The Kier molecular flexibility index (Phi) is 28.9. The average molecular weight is 382 g/mol. The molecule has 0 bridgehead atoms. The molecule has 0 heterocycles. The first-order chi connectivity index (χ1) is 8.83. The lowest BCUT2D eigenvalue weighted by Gasteiger charge is -1.82. The van der Waals surface area contributed by atoms with Crippen LogP contribution in [0.25, 0.3) is 0 Å². The minimum atomic E-state index is -4.64. The third kappa shape index (κ3) is 62700. The summed E-state index contributed by atoms with van der Waals surface area (Å²) in [4.78, 5) is 64.7. The highest BCUT2D eigenvalue weighted by molar-refractivity contribution is 7.45. The number of hydrogen-bond donors (Lipinski definition) is 9.